The topological polar surface area (TPSA) is 84.9 Å². The van der Waals surface area contributed by atoms with E-state index in [1.807, 2.05) is 0 Å². The molecular weight excluding hydrogens is 344 g/mol. The number of carbonyl (C=O) groups excluding carboxylic acids is 1. The van der Waals surface area contributed by atoms with E-state index in [9.17, 15) is 13.2 Å². The predicted octanol–water partition coefficient (Wildman–Crippen LogP) is 2.13. The Kier molecular flexibility index (Phi) is 5.48. The third-order valence-electron chi connectivity index (χ3n) is 4.52. The van der Waals surface area contributed by atoms with E-state index in [0.717, 1.165) is 19.3 Å². The molecule has 0 radical (unpaired) electrons. The van der Waals surface area contributed by atoms with Gasteiger partial charge in [-0.2, -0.15) is 0 Å². The van der Waals surface area contributed by atoms with Crippen molar-refractivity contribution in [3.05, 3.63) is 18.2 Å². The summed E-state index contributed by atoms with van der Waals surface area (Å²) < 4.78 is 36.5. The summed E-state index contributed by atoms with van der Waals surface area (Å²) in [5.41, 5.74) is 1.09. The first-order chi connectivity index (χ1) is 12.0. The van der Waals surface area contributed by atoms with Gasteiger partial charge in [-0.1, -0.05) is 0 Å². The molecule has 8 heteroatoms. The van der Waals surface area contributed by atoms with Crippen molar-refractivity contribution < 1.29 is 22.7 Å². The van der Waals surface area contributed by atoms with Gasteiger partial charge in [-0.05, 0) is 37.8 Å². The van der Waals surface area contributed by atoms with E-state index in [1.54, 1.807) is 18.2 Å². The minimum absolute atomic E-state index is 0.0235. The van der Waals surface area contributed by atoms with Crippen molar-refractivity contribution in [1.29, 1.82) is 0 Å². The molecule has 25 heavy (non-hydrogen) atoms. The number of benzene rings is 1. The van der Waals surface area contributed by atoms with Crippen LogP contribution in [0.2, 0.25) is 0 Å². The SMILES string of the molecule is COc1cc(NC(=O)CC2CCCCO2)ccc1N1CCCS1(=O)=O. The molecule has 0 bridgehead atoms. The van der Waals surface area contributed by atoms with E-state index in [-0.39, 0.29) is 17.8 Å². The summed E-state index contributed by atoms with van der Waals surface area (Å²) in [6.07, 6.45) is 3.95. The molecule has 0 saturated carbocycles. The maximum atomic E-state index is 12.2. The highest BCUT2D eigenvalue weighted by atomic mass is 32.2. The lowest BCUT2D eigenvalue weighted by atomic mass is 10.1. The van der Waals surface area contributed by atoms with E-state index in [4.69, 9.17) is 9.47 Å². The second kappa shape index (κ2) is 7.61. The summed E-state index contributed by atoms with van der Waals surface area (Å²) in [4.78, 5) is 12.2. The minimum Gasteiger partial charge on any atom is -0.494 e. The summed E-state index contributed by atoms with van der Waals surface area (Å²) in [6, 6.07) is 5.03. The number of sulfonamides is 1. The Bertz CT molecular complexity index is 729. The summed E-state index contributed by atoms with van der Waals surface area (Å²) in [5, 5.41) is 2.84. The molecule has 1 N–H and O–H groups in total. The van der Waals surface area contributed by atoms with Crippen molar-refractivity contribution in [2.75, 3.05) is 35.6 Å². The zero-order valence-electron chi connectivity index (χ0n) is 14.4. The Hall–Kier alpha value is -1.80. The van der Waals surface area contributed by atoms with Crippen molar-refractivity contribution in [2.24, 2.45) is 0 Å². The van der Waals surface area contributed by atoms with Gasteiger partial charge in [0, 0.05) is 24.9 Å². The lowest BCUT2D eigenvalue weighted by Gasteiger charge is -2.22. The van der Waals surface area contributed by atoms with Crippen molar-refractivity contribution in [2.45, 2.75) is 38.2 Å². The fourth-order valence-corrected chi connectivity index (χ4v) is 4.83. The third kappa shape index (κ3) is 4.24. The molecule has 2 saturated heterocycles. The second-order valence-electron chi connectivity index (χ2n) is 6.37. The van der Waals surface area contributed by atoms with Crippen LogP contribution in [0.25, 0.3) is 0 Å². The molecule has 3 rings (SSSR count). The Balaban J connectivity index is 1.69. The van der Waals surface area contributed by atoms with E-state index in [1.165, 1.54) is 11.4 Å². The molecule has 1 aromatic carbocycles. The molecule has 1 unspecified atom stereocenters. The van der Waals surface area contributed by atoms with Gasteiger partial charge in [0.05, 0.1) is 31.1 Å². The van der Waals surface area contributed by atoms with Gasteiger partial charge in [0.2, 0.25) is 15.9 Å². The fourth-order valence-electron chi connectivity index (χ4n) is 3.26. The summed E-state index contributed by atoms with van der Waals surface area (Å²) in [6.45, 7) is 1.16. The molecule has 0 spiro atoms. The molecule has 2 heterocycles. The van der Waals surface area contributed by atoms with Crippen LogP contribution >= 0.6 is 0 Å². The molecular formula is C17H24N2O5S. The van der Waals surface area contributed by atoms with Gasteiger partial charge >= 0.3 is 0 Å². The van der Waals surface area contributed by atoms with Gasteiger partial charge in [-0.3, -0.25) is 9.10 Å². The smallest absolute Gasteiger partial charge is 0.235 e. The monoisotopic (exact) mass is 368 g/mol. The Morgan fingerprint density at radius 3 is 2.84 bits per heavy atom. The standard InChI is InChI=1S/C17H24N2O5S/c1-23-16-11-13(18-17(20)12-14-5-2-3-9-24-14)6-7-15(16)19-8-4-10-25(19,21)22/h6-7,11,14H,2-5,8-10,12H2,1H3,(H,18,20). The van der Waals surface area contributed by atoms with Gasteiger partial charge in [0.1, 0.15) is 5.75 Å². The number of hydrogen-bond donors (Lipinski definition) is 1. The molecule has 1 atom stereocenters. The zero-order chi connectivity index (χ0) is 17.9. The average molecular weight is 368 g/mol. The van der Waals surface area contributed by atoms with Crippen LogP contribution in [0.1, 0.15) is 32.1 Å². The van der Waals surface area contributed by atoms with E-state index in [2.05, 4.69) is 5.32 Å². The van der Waals surface area contributed by atoms with Gasteiger partial charge in [-0.15, -0.1) is 0 Å². The minimum atomic E-state index is -3.28. The van der Waals surface area contributed by atoms with Gasteiger partial charge in [0.25, 0.3) is 0 Å². The van der Waals surface area contributed by atoms with Crippen LogP contribution in [0, 0.1) is 0 Å². The number of rotatable bonds is 5. The molecule has 2 aliphatic heterocycles. The highest BCUT2D eigenvalue weighted by Crippen LogP contribution is 2.35. The van der Waals surface area contributed by atoms with Crippen LogP contribution in [-0.2, 0) is 19.6 Å². The Labute approximate surface area is 148 Å². The second-order valence-corrected chi connectivity index (χ2v) is 8.38. The van der Waals surface area contributed by atoms with Crippen LogP contribution in [0.5, 0.6) is 5.75 Å². The first kappa shape index (κ1) is 18.0. The van der Waals surface area contributed by atoms with Gasteiger partial charge < -0.3 is 14.8 Å². The maximum Gasteiger partial charge on any atom is 0.235 e. The van der Waals surface area contributed by atoms with Crippen molar-refractivity contribution in [3.8, 4) is 5.75 Å². The van der Waals surface area contributed by atoms with Crippen molar-refractivity contribution >= 4 is 27.3 Å². The number of methoxy groups -OCH3 is 1. The van der Waals surface area contributed by atoms with E-state index >= 15 is 0 Å². The van der Waals surface area contributed by atoms with Gasteiger partial charge in [0.15, 0.2) is 0 Å². The van der Waals surface area contributed by atoms with Crippen LogP contribution in [0.15, 0.2) is 18.2 Å². The number of amides is 1. The van der Waals surface area contributed by atoms with E-state index in [0.29, 0.717) is 43.1 Å². The van der Waals surface area contributed by atoms with Crippen LogP contribution in [-0.4, -0.2) is 46.4 Å². The molecule has 138 valence electrons. The molecule has 0 aromatic heterocycles. The third-order valence-corrected chi connectivity index (χ3v) is 6.37. The maximum absolute atomic E-state index is 12.2. The average Bonchev–Trinajstić information content (AvgIpc) is 2.94. The first-order valence-corrected chi connectivity index (χ1v) is 10.2. The van der Waals surface area contributed by atoms with Crippen LogP contribution in [0.3, 0.4) is 0 Å². The fraction of sp³-hybridized carbons (Fsp3) is 0.588. The lowest BCUT2D eigenvalue weighted by Crippen LogP contribution is -2.26. The molecule has 1 amide bonds. The number of anilines is 2. The molecule has 2 fully saturated rings. The number of carbonyl (C=O) groups is 1. The zero-order valence-corrected chi connectivity index (χ0v) is 15.2. The molecule has 7 nitrogen and oxygen atoms in total. The number of nitrogens with one attached hydrogen (secondary N) is 1. The van der Waals surface area contributed by atoms with E-state index < -0.39 is 10.0 Å². The Morgan fingerprint density at radius 1 is 1.36 bits per heavy atom. The molecule has 2 aliphatic rings. The normalized spacial score (nSPS) is 22.6. The summed E-state index contributed by atoms with van der Waals surface area (Å²) >= 11 is 0. The molecule has 1 aromatic rings. The van der Waals surface area contributed by atoms with Crippen LogP contribution < -0.4 is 14.4 Å². The van der Waals surface area contributed by atoms with Crippen molar-refractivity contribution in [1.82, 2.24) is 0 Å². The predicted molar refractivity (Wildman–Crippen MR) is 95.6 cm³/mol. The summed E-state index contributed by atoms with van der Waals surface area (Å²) in [5.74, 6) is 0.462. The van der Waals surface area contributed by atoms with Crippen molar-refractivity contribution in [3.63, 3.8) is 0 Å². The highest BCUT2D eigenvalue weighted by molar-refractivity contribution is 7.93. The molecule has 0 aliphatic carbocycles. The highest BCUT2D eigenvalue weighted by Gasteiger charge is 2.30. The summed E-state index contributed by atoms with van der Waals surface area (Å²) in [7, 11) is -1.79. The lowest BCUT2D eigenvalue weighted by molar-refractivity contribution is -0.119. The first-order valence-electron chi connectivity index (χ1n) is 8.59. The number of hydrogen-bond acceptors (Lipinski definition) is 5. The quantitative estimate of drug-likeness (QED) is 0.861. The largest absolute Gasteiger partial charge is 0.494 e. The Morgan fingerprint density at radius 2 is 2.20 bits per heavy atom. The number of ether oxygens (including phenoxy) is 2. The van der Waals surface area contributed by atoms with Crippen LogP contribution in [0.4, 0.5) is 11.4 Å². The number of nitrogens with zero attached hydrogens (tertiary/aromatic N) is 1. The van der Waals surface area contributed by atoms with Gasteiger partial charge in [-0.25, -0.2) is 8.42 Å².